The third-order valence-electron chi connectivity index (χ3n) is 6.99. The van der Waals surface area contributed by atoms with Gasteiger partial charge in [0.1, 0.15) is 0 Å². The van der Waals surface area contributed by atoms with Crippen LogP contribution in [0.5, 0.6) is 0 Å². The van der Waals surface area contributed by atoms with Crippen LogP contribution in [0.25, 0.3) is 0 Å². The van der Waals surface area contributed by atoms with Crippen LogP contribution in [0, 0.1) is 18.8 Å². The quantitative estimate of drug-likeness (QED) is 0.372. The lowest BCUT2D eigenvalue weighted by Crippen LogP contribution is -2.51. The zero-order valence-corrected chi connectivity index (χ0v) is 19.6. The Morgan fingerprint density at radius 3 is 2.09 bits per heavy atom. The van der Waals surface area contributed by atoms with Gasteiger partial charge in [0.2, 0.25) is 29.0 Å². The highest BCUT2D eigenvalue weighted by atomic mass is 79.9. The van der Waals surface area contributed by atoms with Gasteiger partial charge in [-0.15, -0.1) is 0 Å². The van der Waals surface area contributed by atoms with Crippen LogP contribution in [0.1, 0.15) is 37.9 Å². The molecule has 168 valence electrons. The normalized spacial score (nSPS) is 24.8. The Balaban J connectivity index is 1.55. The van der Waals surface area contributed by atoms with Crippen molar-refractivity contribution in [3.05, 3.63) is 99.5 Å². The van der Waals surface area contributed by atoms with Crippen molar-refractivity contribution in [2.24, 2.45) is 11.8 Å². The maximum Gasteiger partial charge on any atom is 0.241 e. The Kier molecular flexibility index (Phi) is 4.53. The number of rotatable bonds is 2. The van der Waals surface area contributed by atoms with E-state index in [1.807, 2.05) is 25.1 Å². The molecule has 0 bridgehead atoms. The number of amides is 2. The van der Waals surface area contributed by atoms with E-state index in [0.717, 1.165) is 14.9 Å². The van der Waals surface area contributed by atoms with E-state index in [1.165, 1.54) is 0 Å². The lowest BCUT2D eigenvalue weighted by molar-refractivity contribution is -0.127. The topological polar surface area (TPSA) is 80.8 Å². The second kappa shape index (κ2) is 7.29. The number of hydrogen-bond donors (Lipinski definition) is 0. The largest absolute Gasteiger partial charge is 0.349 e. The Hall–Kier alpha value is -3.42. The van der Waals surface area contributed by atoms with Crippen LogP contribution >= 0.6 is 15.9 Å². The molecule has 34 heavy (non-hydrogen) atoms. The highest BCUT2D eigenvalue weighted by Crippen LogP contribution is 2.57. The molecule has 2 fully saturated rings. The molecule has 3 unspecified atom stereocenters. The summed E-state index contributed by atoms with van der Waals surface area (Å²) in [6.45, 7) is 1.91. The number of carbonyl (C=O) groups is 4. The number of ketones is 2. The summed E-state index contributed by atoms with van der Waals surface area (Å²) < 4.78 is 7.04. The first-order valence-electron chi connectivity index (χ1n) is 10.9. The second-order valence-corrected chi connectivity index (χ2v) is 9.80. The average Bonchev–Trinajstić information content (AvgIpc) is 3.40. The van der Waals surface area contributed by atoms with E-state index in [2.05, 4.69) is 15.9 Å². The second-order valence-electron chi connectivity index (χ2n) is 8.88. The van der Waals surface area contributed by atoms with Crippen LogP contribution < -0.4 is 4.90 Å². The molecule has 2 amide bonds. The van der Waals surface area contributed by atoms with Crippen molar-refractivity contribution in [1.82, 2.24) is 0 Å². The molecule has 2 aliphatic heterocycles. The van der Waals surface area contributed by atoms with Gasteiger partial charge in [0, 0.05) is 15.6 Å². The van der Waals surface area contributed by atoms with Crippen molar-refractivity contribution in [2.75, 3.05) is 4.90 Å². The van der Waals surface area contributed by atoms with Gasteiger partial charge in [-0.2, -0.15) is 0 Å². The molecule has 0 aromatic heterocycles. The summed E-state index contributed by atoms with van der Waals surface area (Å²) in [5.74, 6) is -4.45. The number of fused-ring (bicyclic) bond motifs is 3. The number of benzene rings is 3. The lowest BCUT2D eigenvalue weighted by Gasteiger charge is -2.27. The molecule has 0 saturated carbocycles. The molecule has 1 spiro atoms. The molecule has 3 aliphatic rings. The highest BCUT2D eigenvalue weighted by Gasteiger charge is 2.74. The van der Waals surface area contributed by atoms with Crippen molar-refractivity contribution in [2.45, 2.75) is 18.6 Å². The minimum Gasteiger partial charge on any atom is -0.349 e. The molecule has 2 heterocycles. The van der Waals surface area contributed by atoms with Crippen molar-refractivity contribution < 1.29 is 23.9 Å². The standard InChI is InChI=1S/C27H18BrNO5/c1-14-9-11-17(12-10-14)29-25(32)20-21(26(29)33)27(34-22(20)15-5-4-6-16(28)13-15)23(30)18-7-2-3-8-19(18)24(27)31/h2-13,20-22H,1H3. The number of anilines is 1. The summed E-state index contributed by atoms with van der Waals surface area (Å²) in [5.41, 5.74) is 0.378. The van der Waals surface area contributed by atoms with Crippen LogP contribution in [0.3, 0.4) is 0 Å². The molecule has 1 aliphatic carbocycles. The van der Waals surface area contributed by atoms with Crippen LogP contribution in [-0.2, 0) is 14.3 Å². The van der Waals surface area contributed by atoms with Gasteiger partial charge >= 0.3 is 0 Å². The summed E-state index contributed by atoms with van der Waals surface area (Å²) in [4.78, 5) is 56.2. The monoisotopic (exact) mass is 515 g/mol. The van der Waals surface area contributed by atoms with Crippen LogP contribution in [-0.4, -0.2) is 29.0 Å². The molecule has 7 heteroatoms. The number of imide groups is 1. The fourth-order valence-corrected chi connectivity index (χ4v) is 5.87. The predicted octanol–water partition coefficient (Wildman–Crippen LogP) is 4.45. The van der Waals surface area contributed by atoms with Gasteiger partial charge in [0.15, 0.2) is 0 Å². The molecule has 0 N–H and O–H groups in total. The number of Topliss-reactive ketones (excluding diaryl/α,β-unsaturated/α-hetero) is 2. The van der Waals surface area contributed by atoms with Gasteiger partial charge in [0.05, 0.1) is 23.6 Å². The van der Waals surface area contributed by atoms with E-state index in [-0.39, 0.29) is 11.1 Å². The molecule has 3 atom stereocenters. The molecule has 3 aromatic rings. The van der Waals surface area contributed by atoms with Gasteiger partial charge in [-0.05, 0) is 36.8 Å². The summed E-state index contributed by atoms with van der Waals surface area (Å²) in [7, 11) is 0. The fraction of sp³-hybridized carbons (Fsp3) is 0.185. The van der Waals surface area contributed by atoms with Gasteiger partial charge in [0.25, 0.3) is 0 Å². The van der Waals surface area contributed by atoms with Crippen LogP contribution in [0.4, 0.5) is 5.69 Å². The van der Waals surface area contributed by atoms with E-state index in [9.17, 15) is 19.2 Å². The number of halogens is 1. The first kappa shape index (κ1) is 21.1. The number of ether oxygens (including phenoxy) is 1. The number of aryl methyl sites for hydroxylation is 1. The van der Waals surface area contributed by atoms with Crippen molar-refractivity contribution in [3.8, 4) is 0 Å². The zero-order valence-electron chi connectivity index (χ0n) is 18.0. The molecule has 6 nitrogen and oxygen atoms in total. The number of nitrogens with zero attached hydrogens (tertiary/aromatic N) is 1. The van der Waals surface area contributed by atoms with Crippen molar-refractivity contribution in [3.63, 3.8) is 0 Å². The van der Waals surface area contributed by atoms with E-state index in [1.54, 1.807) is 54.6 Å². The minimum atomic E-state index is -2.06. The summed E-state index contributed by atoms with van der Waals surface area (Å²) in [6, 6.07) is 20.6. The maximum atomic E-state index is 13.8. The number of carbonyl (C=O) groups excluding carboxylic acids is 4. The van der Waals surface area contributed by atoms with E-state index < -0.39 is 46.9 Å². The summed E-state index contributed by atoms with van der Waals surface area (Å²) in [6.07, 6.45) is -0.934. The zero-order chi connectivity index (χ0) is 23.8. The van der Waals surface area contributed by atoms with E-state index in [4.69, 9.17) is 4.74 Å². The van der Waals surface area contributed by atoms with Crippen LogP contribution in [0.2, 0.25) is 0 Å². The summed E-state index contributed by atoms with van der Waals surface area (Å²) >= 11 is 3.43. The Labute approximate surface area is 203 Å². The fourth-order valence-electron chi connectivity index (χ4n) is 5.45. The van der Waals surface area contributed by atoms with Gasteiger partial charge in [-0.25, -0.2) is 4.90 Å². The van der Waals surface area contributed by atoms with Gasteiger partial charge in [-0.3, -0.25) is 19.2 Å². The Bertz CT molecular complexity index is 1380. The minimum absolute atomic E-state index is 0.218. The molecule has 0 radical (unpaired) electrons. The number of hydrogen-bond acceptors (Lipinski definition) is 5. The third kappa shape index (κ3) is 2.65. The molecule has 2 saturated heterocycles. The lowest BCUT2D eigenvalue weighted by atomic mass is 9.77. The van der Waals surface area contributed by atoms with Crippen molar-refractivity contribution in [1.29, 1.82) is 0 Å². The van der Waals surface area contributed by atoms with Gasteiger partial charge in [-0.1, -0.05) is 70.0 Å². The maximum absolute atomic E-state index is 13.8. The van der Waals surface area contributed by atoms with E-state index in [0.29, 0.717) is 11.3 Å². The third-order valence-corrected chi connectivity index (χ3v) is 7.48. The van der Waals surface area contributed by atoms with Gasteiger partial charge < -0.3 is 4.74 Å². The Morgan fingerprint density at radius 1 is 0.824 bits per heavy atom. The van der Waals surface area contributed by atoms with Crippen LogP contribution in [0.15, 0.2) is 77.3 Å². The smallest absolute Gasteiger partial charge is 0.241 e. The summed E-state index contributed by atoms with van der Waals surface area (Å²) in [5, 5.41) is 0. The predicted molar refractivity (Wildman–Crippen MR) is 126 cm³/mol. The highest BCUT2D eigenvalue weighted by molar-refractivity contribution is 9.10. The molecule has 3 aromatic carbocycles. The Morgan fingerprint density at radius 2 is 1.47 bits per heavy atom. The SMILES string of the molecule is Cc1ccc(N2C(=O)C3C(c4cccc(Br)c4)OC4(C(=O)c5ccccc5C4=O)C3C2=O)cc1. The van der Waals surface area contributed by atoms with Crippen molar-refractivity contribution >= 4 is 45.0 Å². The first-order valence-corrected chi connectivity index (χ1v) is 11.7. The molecular formula is C27H18BrNO5. The van der Waals surface area contributed by atoms with E-state index >= 15 is 0 Å². The first-order chi connectivity index (χ1) is 16.3. The molecule has 6 rings (SSSR count). The average molecular weight is 516 g/mol. The molecular weight excluding hydrogens is 498 g/mol.